The fourth-order valence-electron chi connectivity index (χ4n) is 4.24. The third-order valence-corrected chi connectivity index (χ3v) is 5.68. The highest BCUT2D eigenvalue weighted by Gasteiger charge is 2.42. The van der Waals surface area contributed by atoms with Gasteiger partial charge in [0.25, 0.3) is 5.91 Å². The Labute approximate surface area is 155 Å². The van der Waals surface area contributed by atoms with E-state index in [1.165, 1.54) is 0 Å². The molecule has 3 rings (SSSR count). The number of nitrogens with zero attached hydrogens (tertiary/aromatic N) is 3. The summed E-state index contributed by atoms with van der Waals surface area (Å²) in [5.74, 6) is 0.185. The van der Waals surface area contributed by atoms with Crippen molar-refractivity contribution < 1.29 is 14.7 Å². The molecule has 1 atom stereocenters. The summed E-state index contributed by atoms with van der Waals surface area (Å²) in [6.45, 7) is 2.48. The number of carbonyl (C=O) groups is 2. The van der Waals surface area contributed by atoms with Crippen LogP contribution in [0.4, 0.5) is 5.69 Å². The zero-order valence-electron chi connectivity index (χ0n) is 15.8. The smallest absolute Gasteiger partial charge is 0.253 e. The molecule has 0 unspecified atom stereocenters. The number of likely N-dealkylation sites (tertiary alicyclic amines) is 2. The van der Waals surface area contributed by atoms with Gasteiger partial charge >= 0.3 is 0 Å². The van der Waals surface area contributed by atoms with E-state index in [2.05, 4.69) is 0 Å². The summed E-state index contributed by atoms with van der Waals surface area (Å²) in [6.07, 6.45) is 3.33. The molecule has 2 heterocycles. The number of amides is 2. The molecular weight excluding hydrogens is 330 g/mol. The van der Waals surface area contributed by atoms with Gasteiger partial charge in [-0.3, -0.25) is 9.59 Å². The molecule has 2 aliphatic heterocycles. The van der Waals surface area contributed by atoms with Crippen molar-refractivity contribution >= 4 is 17.5 Å². The van der Waals surface area contributed by atoms with Crippen molar-refractivity contribution in [1.29, 1.82) is 0 Å². The van der Waals surface area contributed by atoms with Crippen LogP contribution < -0.4 is 4.90 Å². The third-order valence-electron chi connectivity index (χ3n) is 5.68. The summed E-state index contributed by atoms with van der Waals surface area (Å²) in [6, 6.07) is 7.73. The number of hydrogen-bond donors (Lipinski definition) is 1. The second-order valence-corrected chi connectivity index (χ2v) is 7.81. The summed E-state index contributed by atoms with van der Waals surface area (Å²) in [7, 11) is 3.93. The first kappa shape index (κ1) is 18.7. The van der Waals surface area contributed by atoms with Crippen molar-refractivity contribution in [3.8, 4) is 0 Å². The normalized spacial score (nSPS) is 23.4. The fourth-order valence-corrected chi connectivity index (χ4v) is 4.24. The summed E-state index contributed by atoms with van der Waals surface area (Å²) in [4.78, 5) is 30.8. The summed E-state index contributed by atoms with van der Waals surface area (Å²) in [5, 5.41) is 9.22. The van der Waals surface area contributed by atoms with Crippen LogP contribution in [0, 0.1) is 5.41 Å². The molecule has 26 heavy (non-hydrogen) atoms. The number of anilines is 1. The summed E-state index contributed by atoms with van der Waals surface area (Å²) in [5.41, 5.74) is 1.70. The van der Waals surface area contributed by atoms with E-state index in [0.717, 1.165) is 31.5 Å². The van der Waals surface area contributed by atoms with Gasteiger partial charge in [0.1, 0.15) is 0 Å². The van der Waals surface area contributed by atoms with Crippen molar-refractivity contribution in [2.45, 2.75) is 25.7 Å². The van der Waals surface area contributed by atoms with Crippen LogP contribution in [0.15, 0.2) is 24.3 Å². The molecule has 0 radical (unpaired) electrons. The Kier molecular flexibility index (Phi) is 5.51. The standard InChI is InChI=1S/C20H29N3O3/c1-21(2)17-6-3-5-16(13-17)19(26)23-10-4-8-20(15-23)9-7-18(25)22(14-20)11-12-24/h3,5-6,13,24H,4,7-12,14-15H2,1-2H3/t20-/m1/s1. The van der Waals surface area contributed by atoms with E-state index in [1.807, 2.05) is 48.2 Å². The molecule has 1 aromatic rings. The van der Waals surface area contributed by atoms with Crippen molar-refractivity contribution in [3.63, 3.8) is 0 Å². The van der Waals surface area contributed by atoms with Crippen LogP contribution >= 0.6 is 0 Å². The topological polar surface area (TPSA) is 64.1 Å². The minimum Gasteiger partial charge on any atom is -0.395 e. The minimum atomic E-state index is -0.0316. The zero-order chi connectivity index (χ0) is 18.7. The van der Waals surface area contributed by atoms with Crippen molar-refractivity contribution in [2.75, 3.05) is 51.8 Å². The highest BCUT2D eigenvalue weighted by Crippen LogP contribution is 2.39. The van der Waals surface area contributed by atoms with Crippen LogP contribution in [0.2, 0.25) is 0 Å². The molecule has 2 fully saturated rings. The lowest BCUT2D eigenvalue weighted by molar-refractivity contribution is -0.139. The number of aliphatic hydroxyl groups excluding tert-OH is 1. The number of aliphatic hydroxyl groups is 1. The van der Waals surface area contributed by atoms with Crippen LogP contribution in [-0.2, 0) is 4.79 Å². The third kappa shape index (κ3) is 3.85. The lowest BCUT2D eigenvalue weighted by atomic mass is 9.73. The number of rotatable bonds is 4. The van der Waals surface area contributed by atoms with E-state index in [0.29, 0.717) is 31.6 Å². The number of carbonyl (C=O) groups excluding carboxylic acids is 2. The Bertz CT molecular complexity index is 676. The Morgan fingerprint density at radius 1 is 1.27 bits per heavy atom. The van der Waals surface area contributed by atoms with E-state index in [4.69, 9.17) is 0 Å². The fraction of sp³-hybridized carbons (Fsp3) is 0.600. The highest BCUT2D eigenvalue weighted by atomic mass is 16.3. The largest absolute Gasteiger partial charge is 0.395 e. The molecule has 2 amide bonds. The second-order valence-electron chi connectivity index (χ2n) is 7.81. The first-order chi connectivity index (χ1) is 12.4. The molecule has 1 aromatic carbocycles. The highest BCUT2D eigenvalue weighted by molar-refractivity contribution is 5.95. The Morgan fingerprint density at radius 2 is 2.08 bits per heavy atom. The van der Waals surface area contributed by atoms with E-state index in [1.54, 1.807) is 4.90 Å². The van der Waals surface area contributed by atoms with Gasteiger partial charge in [0.2, 0.25) is 5.91 Å². The molecule has 1 spiro atoms. The van der Waals surface area contributed by atoms with Crippen LogP contribution in [0.3, 0.4) is 0 Å². The van der Waals surface area contributed by atoms with Crippen LogP contribution in [0.1, 0.15) is 36.0 Å². The van der Waals surface area contributed by atoms with Gasteiger partial charge in [0.05, 0.1) is 6.61 Å². The average Bonchev–Trinajstić information content (AvgIpc) is 2.65. The zero-order valence-corrected chi connectivity index (χ0v) is 15.8. The van der Waals surface area contributed by atoms with Crippen molar-refractivity contribution in [2.24, 2.45) is 5.41 Å². The maximum Gasteiger partial charge on any atom is 0.253 e. The van der Waals surface area contributed by atoms with Crippen LogP contribution in [-0.4, -0.2) is 73.6 Å². The average molecular weight is 359 g/mol. The van der Waals surface area contributed by atoms with E-state index in [9.17, 15) is 14.7 Å². The van der Waals surface area contributed by atoms with Crippen LogP contribution in [0.25, 0.3) is 0 Å². The van der Waals surface area contributed by atoms with Gasteiger partial charge in [-0.1, -0.05) is 6.07 Å². The second kappa shape index (κ2) is 7.66. The predicted octanol–water partition coefficient (Wildman–Crippen LogP) is 1.59. The van der Waals surface area contributed by atoms with E-state index in [-0.39, 0.29) is 23.8 Å². The van der Waals surface area contributed by atoms with Crippen molar-refractivity contribution in [3.05, 3.63) is 29.8 Å². The summed E-state index contributed by atoms with van der Waals surface area (Å²) >= 11 is 0. The molecule has 0 bridgehead atoms. The van der Waals surface area contributed by atoms with Gasteiger partial charge in [-0.2, -0.15) is 0 Å². The van der Waals surface area contributed by atoms with Crippen molar-refractivity contribution in [1.82, 2.24) is 9.80 Å². The van der Waals surface area contributed by atoms with Gasteiger partial charge in [-0.25, -0.2) is 0 Å². The quantitative estimate of drug-likeness (QED) is 0.887. The predicted molar refractivity (Wildman–Crippen MR) is 101 cm³/mol. The molecule has 2 saturated heterocycles. The van der Waals surface area contributed by atoms with Gasteiger partial charge in [0.15, 0.2) is 0 Å². The lowest BCUT2D eigenvalue weighted by Crippen LogP contribution is -2.55. The molecule has 6 heteroatoms. The Morgan fingerprint density at radius 3 is 2.81 bits per heavy atom. The first-order valence-electron chi connectivity index (χ1n) is 9.39. The molecular formula is C20H29N3O3. The minimum absolute atomic E-state index is 0.0121. The molecule has 0 saturated carbocycles. The molecule has 0 aliphatic carbocycles. The van der Waals surface area contributed by atoms with E-state index >= 15 is 0 Å². The monoisotopic (exact) mass is 359 g/mol. The molecule has 2 aliphatic rings. The molecule has 0 aromatic heterocycles. The number of β-amino-alcohol motifs (C(OH)–C–C–N with tert-alkyl or cyclic N) is 1. The Hall–Kier alpha value is -2.08. The number of hydrogen-bond acceptors (Lipinski definition) is 4. The lowest BCUT2D eigenvalue weighted by Gasteiger charge is -2.48. The van der Waals surface area contributed by atoms with Crippen LogP contribution in [0.5, 0.6) is 0 Å². The Balaban J connectivity index is 1.75. The van der Waals surface area contributed by atoms with Gasteiger partial charge in [0, 0.05) is 63.4 Å². The maximum atomic E-state index is 13.1. The first-order valence-corrected chi connectivity index (χ1v) is 9.39. The van der Waals surface area contributed by atoms with Gasteiger partial charge in [-0.05, 0) is 37.5 Å². The maximum absolute atomic E-state index is 13.1. The van der Waals surface area contributed by atoms with E-state index < -0.39 is 0 Å². The van der Waals surface area contributed by atoms with Gasteiger partial charge < -0.3 is 19.8 Å². The number of piperidine rings is 2. The molecule has 1 N–H and O–H groups in total. The number of benzene rings is 1. The van der Waals surface area contributed by atoms with Gasteiger partial charge in [-0.15, -0.1) is 0 Å². The summed E-state index contributed by atoms with van der Waals surface area (Å²) < 4.78 is 0. The SMILES string of the molecule is CN(C)c1cccc(C(=O)N2CCC[C@]3(CCC(=O)N(CCO)C3)C2)c1. The molecule has 6 nitrogen and oxygen atoms in total. The molecule has 142 valence electrons.